The molecular weight excluding hydrogens is 262 g/mol. The highest BCUT2D eigenvalue weighted by Crippen LogP contribution is 2.24. The molecule has 19 heavy (non-hydrogen) atoms. The number of carbonyl (C=O) groups is 1. The van der Waals surface area contributed by atoms with Gasteiger partial charge in [-0.2, -0.15) is 0 Å². The first kappa shape index (κ1) is 12.6. The fourth-order valence-electron chi connectivity index (χ4n) is 2.70. The summed E-state index contributed by atoms with van der Waals surface area (Å²) in [6.07, 6.45) is 5.76. The molecule has 3 heterocycles. The summed E-state index contributed by atoms with van der Waals surface area (Å²) in [6.45, 7) is 3.58. The second kappa shape index (κ2) is 4.94. The van der Waals surface area contributed by atoms with E-state index >= 15 is 0 Å². The van der Waals surface area contributed by atoms with Crippen LogP contribution in [0.3, 0.4) is 0 Å². The van der Waals surface area contributed by atoms with Gasteiger partial charge in [0.05, 0.1) is 5.69 Å². The van der Waals surface area contributed by atoms with Crippen LogP contribution >= 0.6 is 11.3 Å². The minimum Gasteiger partial charge on any atom is -0.480 e. The van der Waals surface area contributed by atoms with Crippen LogP contribution in [-0.4, -0.2) is 37.9 Å². The minimum atomic E-state index is -0.715. The number of nitrogens with zero attached hydrogens (tertiary/aromatic N) is 3. The zero-order chi connectivity index (χ0) is 13.4. The summed E-state index contributed by atoms with van der Waals surface area (Å²) in [5.74, 6) is -0.226. The van der Waals surface area contributed by atoms with E-state index in [4.69, 9.17) is 0 Å². The van der Waals surface area contributed by atoms with Gasteiger partial charge in [0.25, 0.3) is 0 Å². The predicted molar refractivity (Wildman–Crippen MR) is 73.3 cm³/mol. The molecule has 6 heteroatoms. The quantitative estimate of drug-likeness (QED) is 0.934. The molecule has 102 valence electrons. The van der Waals surface area contributed by atoms with Gasteiger partial charge in [-0.1, -0.05) is 6.92 Å². The molecule has 0 saturated carbocycles. The summed E-state index contributed by atoms with van der Waals surface area (Å²) in [5, 5.41) is 11.3. The molecule has 2 aromatic rings. The molecule has 2 aromatic heterocycles. The molecule has 0 amide bonds. The zero-order valence-electron chi connectivity index (χ0n) is 10.8. The van der Waals surface area contributed by atoms with Crippen molar-refractivity contribution in [2.75, 3.05) is 6.54 Å². The Bertz CT molecular complexity index is 563. The van der Waals surface area contributed by atoms with Crippen molar-refractivity contribution in [3.63, 3.8) is 0 Å². The van der Waals surface area contributed by atoms with Gasteiger partial charge in [-0.3, -0.25) is 14.1 Å². The maximum absolute atomic E-state index is 11.4. The average molecular weight is 279 g/mol. The SMILES string of the molecule is CC1CCN(Cc2cn3ccsc3n2)C(C(=O)O)C1. The van der Waals surface area contributed by atoms with Crippen molar-refractivity contribution in [1.82, 2.24) is 14.3 Å². The Hall–Kier alpha value is -1.40. The van der Waals surface area contributed by atoms with Crippen LogP contribution in [0.1, 0.15) is 25.5 Å². The third-order valence-electron chi connectivity index (χ3n) is 3.77. The van der Waals surface area contributed by atoms with Crippen LogP contribution in [-0.2, 0) is 11.3 Å². The van der Waals surface area contributed by atoms with Crippen molar-refractivity contribution in [1.29, 1.82) is 0 Å². The third kappa shape index (κ3) is 2.50. The molecule has 1 saturated heterocycles. The van der Waals surface area contributed by atoms with E-state index in [-0.39, 0.29) is 6.04 Å². The third-order valence-corrected chi connectivity index (χ3v) is 4.54. The highest BCUT2D eigenvalue weighted by Gasteiger charge is 2.31. The van der Waals surface area contributed by atoms with Gasteiger partial charge < -0.3 is 5.11 Å². The first-order valence-corrected chi connectivity index (χ1v) is 7.39. The monoisotopic (exact) mass is 279 g/mol. The van der Waals surface area contributed by atoms with Crippen LogP contribution in [0.25, 0.3) is 4.96 Å². The van der Waals surface area contributed by atoms with E-state index in [0.29, 0.717) is 12.5 Å². The zero-order valence-corrected chi connectivity index (χ0v) is 11.6. The topological polar surface area (TPSA) is 57.8 Å². The van der Waals surface area contributed by atoms with Crippen LogP contribution < -0.4 is 0 Å². The highest BCUT2D eigenvalue weighted by atomic mass is 32.1. The smallest absolute Gasteiger partial charge is 0.320 e. The van der Waals surface area contributed by atoms with Crippen LogP contribution in [0.15, 0.2) is 17.8 Å². The number of piperidine rings is 1. The number of imidazole rings is 1. The fourth-order valence-corrected chi connectivity index (χ4v) is 3.42. The molecule has 0 aromatic carbocycles. The van der Waals surface area contributed by atoms with Crippen molar-refractivity contribution >= 4 is 22.3 Å². The summed E-state index contributed by atoms with van der Waals surface area (Å²) in [4.78, 5) is 18.9. The molecule has 2 atom stereocenters. The Balaban J connectivity index is 1.77. The lowest BCUT2D eigenvalue weighted by Gasteiger charge is -2.35. The van der Waals surface area contributed by atoms with E-state index in [1.807, 2.05) is 27.1 Å². The maximum atomic E-state index is 11.4. The largest absolute Gasteiger partial charge is 0.480 e. The fraction of sp³-hybridized carbons (Fsp3) is 0.538. The average Bonchev–Trinajstić information content (AvgIpc) is 2.91. The molecule has 0 spiro atoms. The van der Waals surface area contributed by atoms with Gasteiger partial charge in [0.2, 0.25) is 0 Å². The molecular formula is C13H17N3O2S. The van der Waals surface area contributed by atoms with E-state index in [9.17, 15) is 9.90 Å². The lowest BCUT2D eigenvalue weighted by Crippen LogP contribution is -2.46. The molecule has 2 unspecified atom stereocenters. The van der Waals surface area contributed by atoms with E-state index in [2.05, 4.69) is 11.9 Å². The molecule has 1 aliphatic heterocycles. The Labute approximate surface area is 115 Å². The first-order valence-electron chi connectivity index (χ1n) is 6.51. The number of thiazole rings is 1. The van der Waals surface area contributed by atoms with Gasteiger partial charge in [-0.25, -0.2) is 4.98 Å². The second-order valence-electron chi connectivity index (χ2n) is 5.28. The number of rotatable bonds is 3. The number of carboxylic acids is 1. The molecule has 1 fully saturated rings. The Kier molecular flexibility index (Phi) is 3.28. The first-order chi connectivity index (χ1) is 9.13. The summed E-state index contributed by atoms with van der Waals surface area (Å²) in [7, 11) is 0. The molecule has 1 N–H and O–H groups in total. The maximum Gasteiger partial charge on any atom is 0.320 e. The number of fused-ring (bicyclic) bond motifs is 1. The van der Waals surface area contributed by atoms with Crippen molar-refractivity contribution in [2.45, 2.75) is 32.4 Å². The number of likely N-dealkylation sites (tertiary alicyclic amines) is 1. The Morgan fingerprint density at radius 2 is 2.47 bits per heavy atom. The molecule has 3 rings (SSSR count). The molecule has 1 aliphatic rings. The van der Waals surface area contributed by atoms with E-state index < -0.39 is 5.97 Å². The van der Waals surface area contributed by atoms with Gasteiger partial charge in [0.1, 0.15) is 6.04 Å². The molecule has 0 aliphatic carbocycles. The van der Waals surface area contributed by atoms with Gasteiger partial charge in [0, 0.05) is 24.3 Å². The van der Waals surface area contributed by atoms with Crippen LogP contribution in [0, 0.1) is 5.92 Å². The lowest BCUT2D eigenvalue weighted by atomic mass is 9.92. The van der Waals surface area contributed by atoms with E-state index in [1.54, 1.807) is 11.3 Å². The van der Waals surface area contributed by atoms with Crippen LogP contribution in [0.5, 0.6) is 0 Å². The molecule has 0 radical (unpaired) electrons. The standard InChI is InChI=1S/C13H17N3O2S/c1-9-2-3-15(11(6-9)12(17)18)7-10-8-16-4-5-19-13(16)14-10/h4-5,8-9,11H,2-3,6-7H2,1H3,(H,17,18). The van der Waals surface area contributed by atoms with Crippen LogP contribution in [0.4, 0.5) is 0 Å². The normalized spacial score (nSPS) is 24.9. The van der Waals surface area contributed by atoms with Gasteiger partial charge >= 0.3 is 5.97 Å². The Morgan fingerprint density at radius 3 is 3.21 bits per heavy atom. The van der Waals surface area contributed by atoms with Crippen LogP contribution in [0.2, 0.25) is 0 Å². The van der Waals surface area contributed by atoms with E-state index in [0.717, 1.165) is 30.0 Å². The summed E-state index contributed by atoms with van der Waals surface area (Å²) in [5.41, 5.74) is 0.952. The number of hydrogen-bond acceptors (Lipinski definition) is 4. The summed E-state index contributed by atoms with van der Waals surface area (Å²) >= 11 is 1.59. The van der Waals surface area contributed by atoms with Crippen molar-refractivity contribution in [2.24, 2.45) is 5.92 Å². The van der Waals surface area contributed by atoms with E-state index in [1.165, 1.54) is 0 Å². The number of hydrogen-bond donors (Lipinski definition) is 1. The van der Waals surface area contributed by atoms with Gasteiger partial charge in [0.15, 0.2) is 4.96 Å². The predicted octanol–water partition coefficient (Wildman–Crippen LogP) is 2.08. The lowest BCUT2D eigenvalue weighted by molar-refractivity contribution is -0.145. The summed E-state index contributed by atoms with van der Waals surface area (Å²) in [6, 6.07) is -0.372. The Morgan fingerprint density at radius 1 is 1.63 bits per heavy atom. The molecule has 0 bridgehead atoms. The molecule has 5 nitrogen and oxygen atoms in total. The summed E-state index contributed by atoms with van der Waals surface area (Å²) < 4.78 is 1.99. The number of aliphatic carboxylic acids is 1. The van der Waals surface area contributed by atoms with Crippen molar-refractivity contribution in [3.05, 3.63) is 23.5 Å². The van der Waals surface area contributed by atoms with Gasteiger partial charge in [-0.15, -0.1) is 11.3 Å². The van der Waals surface area contributed by atoms with Crippen molar-refractivity contribution < 1.29 is 9.90 Å². The minimum absolute atomic E-state index is 0.372. The number of carboxylic acid groups (broad SMARTS) is 1. The van der Waals surface area contributed by atoms with Gasteiger partial charge in [-0.05, 0) is 25.3 Å². The number of aromatic nitrogens is 2. The van der Waals surface area contributed by atoms with Crippen molar-refractivity contribution in [3.8, 4) is 0 Å². The second-order valence-corrected chi connectivity index (χ2v) is 6.15. The highest BCUT2D eigenvalue weighted by molar-refractivity contribution is 7.15.